The average molecular weight is 269 g/mol. The van der Waals surface area contributed by atoms with Crippen LogP contribution in [0.25, 0.3) is 22.3 Å². The lowest BCUT2D eigenvalue weighted by molar-refractivity contribution is 0.712. The first-order valence-corrected chi connectivity index (χ1v) is 6.70. The number of fused-ring (bicyclic) bond motifs is 1. The third kappa shape index (κ3) is 1.91. The molecule has 5 nitrogen and oxygen atoms in total. The van der Waals surface area contributed by atoms with Crippen LogP contribution in [0.3, 0.4) is 0 Å². The van der Waals surface area contributed by atoms with Gasteiger partial charge in [-0.15, -0.1) is 0 Å². The lowest BCUT2D eigenvalue weighted by Crippen LogP contribution is -2.10. The summed E-state index contributed by atoms with van der Waals surface area (Å²) in [6.07, 6.45) is 1.92. The van der Waals surface area contributed by atoms with Crippen molar-refractivity contribution in [2.45, 2.75) is 13.5 Å². The van der Waals surface area contributed by atoms with Gasteiger partial charge >= 0.3 is 0 Å². The number of nitrogens with one attached hydrogen (secondary N) is 1. The first kappa shape index (κ1) is 12.9. The smallest absolute Gasteiger partial charge is 0.122 e. The molecule has 0 fully saturated rings. The van der Waals surface area contributed by atoms with Crippen LogP contribution in [0.5, 0.6) is 0 Å². The van der Waals surface area contributed by atoms with Gasteiger partial charge in [-0.1, -0.05) is 6.07 Å². The van der Waals surface area contributed by atoms with Gasteiger partial charge in [0.05, 0.1) is 29.5 Å². The molecule has 0 saturated heterocycles. The summed E-state index contributed by atoms with van der Waals surface area (Å²) in [5, 5.41) is 3.13. The zero-order chi connectivity index (χ0) is 14.3. The number of aromatic nitrogens is 4. The summed E-state index contributed by atoms with van der Waals surface area (Å²) in [4.78, 5) is 9.05. The number of benzene rings is 1. The van der Waals surface area contributed by atoms with Crippen LogP contribution in [0.2, 0.25) is 0 Å². The monoisotopic (exact) mass is 269 g/mol. The van der Waals surface area contributed by atoms with Crippen molar-refractivity contribution in [3.8, 4) is 11.3 Å². The molecule has 0 unspecified atom stereocenters. The molecule has 0 atom stereocenters. The molecule has 0 amide bonds. The van der Waals surface area contributed by atoms with Gasteiger partial charge < -0.3 is 14.5 Å². The Bertz CT molecular complexity index is 766. The molecule has 2 aromatic heterocycles. The van der Waals surface area contributed by atoms with Crippen molar-refractivity contribution in [1.29, 1.82) is 0 Å². The van der Waals surface area contributed by atoms with E-state index in [-0.39, 0.29) is 0 Å². The minimum absolute atomic E-state index is 0.765. The van der Waals surface area contributed by atoms with Crippen LogP contribution >= 0.6 is 0 Å². The maximum Gasteiger partial charge on any atom is 0.122 e. The fourth-order valence-electron chi connectivity index (χ4n) is 2.52. The lowest BCUT2D eigenvalue weighted by Gasteiger charge is -2.06. The van der Waals surface area contributed by atoms with Crippen molar-refractivity contribution >= 4 is 11.0 Å². The molecule has 0 saturated carbocycles. The second-order valence-electron chi connectivity index (χ2n) is 5.07. The number of nitrogens with zero attached hydrogens (tertiary/aromatic N) is 4. The summed E-state index contributed by atoms with van der Waals surface area (Å²) in [6.45, 7) is 2.79. The van der Waals surface area contributed by atoms with Gasteiger partial charge in [0.1, 0.15) is 11.6 Å². The molecule has 0 spiro atoms. The van der Waals surface area contributed by atoms with E-state index < -0.39 is 0 Å². The molecule has 1 aromatic carbocycles. The molecule has 0 aliphatic rings. The number of aryl methyl sites for hydroxylation is 2. The Labute approximate surface area is 118 Å². The van der Waals surface area contributed by atoms with E-state index in [4.69, 9.17) is 0 Å². The average Bonchev–Trinajstić information content (AvgIpc) is 2.92. The number of imidazole rings is 2. The molecule has 0 aliphatic heterocycles. The van der Waals surface area contributed by atoms with Crippen LogP contribution < -0.4 is 5.32 Å². The molecule has 1 N–H and O–H groups in total. The summed E-state index contributed by atoms with van der Waals surface area (Å²) >= 11 is 0. The predicted octanol–water partition coefficient (Wildman–Crippen LogP) is 2.00. The molecular weight excluding hydrogens is 250 g/mol. The third-order valence-corrected chi connectivity index (χ3v) is 3.82. The second-order valence-corrected chi connectivity index (χ2v) is 5.07. The van der Waals surface area contributed by atoms with E-state index in [1.54, 1.807) is 0 Å². The van der Waals surface area contributed by atoms with E-state index >= 15 is 0 Å². The molecule has 3 aromatic rings. The van der Waals surface area contributed by atoms with Crippen molar-refractivity contribution in [3.63, 3.8) is 0 Å². The van der Waals surface area contributed by atoms with Crippen molar-refractivity contribution in [1.82, 2.24) is 24.4 Å². The Kier molecular flexibility index (Phi) is 3.06. The fourth-order valence-corrected chi connectivity index (χ4v) is 2.52. The van der Waals surface area contributed by atoms with Crippen LogP contribution in [-0.2, 0) is 20.6 Å². The van der Waals surface area contributed by atoms with Gasteiger partial charge in [-0.05, 0) is 26.1 Å². The predicted molar refractivity (Wildman–Crippen MR) is 80.4 cm³/mol. The summed E-state index contributed by atoms with van der Waals surface area (Å²) < 4.78 is 4.22. The number of hydrogen-bond donors (Lipinski definition) is 1. The molecule has 0 aliphatic carbocycles. The maximum atomic E-state index is 4.59. The van der Waals surface area contributed by atoms with Gasteiger partial charge in [-0.3, -0.25) is 0 Å². The highest BCUT2D eigenvalue weighted by Crippen LogP contribution is 2.24. The molecule has 0 bridgehead atoms. The molecule has 2 heterocycles. The quantitative estimate of drug-likeness (QED) is 0.791. The van der Waals surface area contributed by atoms with Crippen LogP contribution in [-0.4, -0.2) is 26.1 Å². The Balaban J connectivity index is 2.10. The minimum atomic E-state index is 0.765. The van der Waals surface area contributed by atoms with Gasteiger partial charge in [0.2, 0.25) is 0 Å². The van der Waals surface area contributed by atoms with Crippen molar-refractivity contribution < 1.29 is 0 Å². The largest absolute Gasteiger partial charge is 0.331 e. The van der Waals surface area contributed by atoms with E-state index in [1.165, 1.54) is 0 Å². The standard InChI is InChI=1S/C15H19N5/c1-10-18-12-7-11(5-6-13(12)19(10)3)14-8-17-15(9-16-2)20(14)4/h5-8,16H,9H2,1-4H3. The first-order valence-electron chi connectivity index (χ1n) is 6.70. The van der Waals surface area contributed by atoms with Gasteiger partial charge in [0, 0.05) is 19.7 Å². The second kappa shape index (κ2) is 4.76. The van der Waals surface area contributed by atoms with Crippen LogP contribution in [0, 0.1) is 6.92 Å². The summed E-state index contributed by atoms with van der Waals surface area (Å²) in [7, 11) is 6.01. The number of hydrogen-bond acceptors (Lipinski definition) is 3. The van der Waals surface area contributed by atoms with Crippen molar-refractivity contribution in [2.24, 2.45) is 14.1 Å². The van der Waals surface area contributed by atoms with E-state index in [0.29, 0.717) is 0 Å². The summed E-state index contributed by atoms with van der Waals surface area (Å²) in [6, 6.07) is 6.38. The van der Waals surface area contributed by atoms with Gasteiger partial charge in [-0.2, -0.15) is 0 Å². The maximum absolute atomic E-state index is 4.59. The fraction of sp³-hybridized carbons (Fsp3) is 0.333. The summed E-state index contributed by atoms with van der Waals surface area (Å²) in [5.74, 6) is 2.05. The molecule has 104 valence electrons. The normalized spacial score (nSPS) is 11.4. The van der Waals surface area contributed by atoms with Gasteiger partial charge in [-0.25, -0.2) is 9.97 Å². The zero-order valence-corrected chi connectivity index (χ0v) is 12.3. The molecule has 5 heteroatoms. The molecular formula is C15H19N5. The molecule has 3 rings (SSSR count). The van der Waals surface area contributed by atoms with Crippen LogP contribution in [0.4, 0.5) is 0 Å². The van der Waals surface area contributed by atoms with E-state index in [2.05, 4.69) is 42.6 Å². The van der Waals surface area contributed by atoms with Crippen molar-refractivity contribution in [3.05, 3.63) is 36.0 Å². The third-order valence-electron chi connectivity index (χ3n) is 3.82. The molecule has 0 radical (unpaired) electrons. The first-order chi connectivity index (χ1) is 9.61. The topological polar surface area (TPSA) is 47.7 Å². The minimum Gasteiger partial charge on any atom is -0.331 e. The lowest BCUT2D eigenvalue weighted by atomic mass is 10.1. The highest BCUT2D eigenvalue weighted by Gasteiger charge is 2.10. The van der Waals surface area contributed by atoms with E-state index in [9.17, 15) is 0 Å². The van der Waals surface area contributed by atoms with E-state index in [0.717, 1.165) is 40.5 Å². The highest BCUT2D eigenvalue weighted by molar-refractivity contribution is 5.81. The highest BCUT2D eigenvalue weighted by atomic mass is 15.1. The Morgan fingerprint density at radius 3 is 2.75 bits per heavy atom. The summed E-state index contributed by atoms with van der Waals surface area (Å²) in [5.41, 5.74) is 4.44. The molecule has 20 heavy (non-hydrogen) atoms. The van der Waals surface area contributed by atoms with Crippen molar-refractivity contribution in [2.75, 3.05) is 7.05 Å². The SMILES string of the molecule is CNCc1ncc(-c2ccc3c(c2)nc(C)n3C)n1C. The Hall–Kier alpha value is -2.14. The van der Waals surface area contributed by atoms with Crippen LogP contribution in [0.15, 0.2) is 24.4 Å². The number of rotatable bonds is 3. The Morgan fingerprint density at radius 1 is 1.20 bits per heavy atom. The van der Waals surface area contributed by atoms with Gasteiger partial charge in [0.15, 0.2) is 0 Å². The Morgan fingerprint density at radius 2 is 2.00 bits per heavy atom. The van der Waals surface area contributed by atoms with Gasteiger partial charge in [0.25, 0.3) is 0 Å². The zero-order valence-electron chi connectivity index (χ0n) is 12.3. The van der Waals surface area contributed by atoms with Crippen LogP contribution in [0.1, 0.15) is 11.6 Å². The van der Waals surface area contributed by atoms with E-state index in [1.807, 2.05) is 34.3 Å².